The van der Waals surface area contributed by atoms with Crippen molar-refractivity contribution in [3.8, 4) is 5.75 Å². The van der Waals surface area contributed by atoms with Crippen LogP contribution in [-0.4, -0.2) is 23.7 Å². The summed E-state index contributed by atoms with van der Waals surface area (Å²) in [6.45, 7) is 4.20. The monoisotopic (exact) mass is 271 g/mol. The minimum atomic E-state index is -0.603. The van der Waals surface area contributed by atoms with E-state index >= 15 is 0 Å². The fraction of sp³-hybridized carbons (Fsp3) is 0.462. The van der Waals surface area contributed by atoms with E-state index in [4.69, 9.17) is 21.4 Å². The van der Waals surface area contributed by atoms with Crippen LogP contribution in [0.25, 0.3) is 0 Å². The molecule has 18 heavy (non-hydrogen) atoms. The average Bonchev–Trinajstić information content (AvgIpc) is 2.38. The Bertz CT molecular complexity index is 409. The lowest BCUT2D eigenvalue weighted by molar-refractivity contribution is -0.127. The average molecular weight is 272 g/mol. The zero-order valence-corrected chi connectivity index (χ0v) is 11.3. The Morgan fingerprint density at radius 2 is 2.28 bits per heavy atom. The van der Waals surface area contributed by atoms with Gasteiger partial charge in [-0.15, -0.1) is 0 Å². The molecule has 0 aliphatic rings. The van der Waals surface area contributed by atoms with Crippen LogP contribution < -0.4 is 10.1 Å². The summed E-state index contributed by atoms with van der Waals surface area (Å²) >= 11 is 5.99. The van der Waals surface area contributed by atoms with Crippen LogP contribution in [0.2, 0.25) is 5.02 Å². The van der Waals surface area contributed by atoms with Gasteiger partial charge < -0.3 is 15.2 Å². The summed E-state index contributed by atoms with van der Waals surface area (Å²) < 4.78 is 5.48. The van der Waals surface area contributed by atoms with Crippen LogP contribution >= 0.6 is 11.6 Å². The molecule has 4 nitrogen and oxygen atoms in total. The Hall–Kier alpha value is -1.26. The van der Waals surface area contributed by atoms with Gasteiger partial charge in [-0.25, -0.2) is 0 Å². The van der Waals surface area contributed by atoms with Crippen molar-refractivity contribution in [2.45, 2.75) is 33.0 Å². The van der Waals surface area contributed by atoms with Crippen LogP contribution in [0.5, 0.6) is 5.75 Å². The first-order valence-electron chi connectivity index (χ1n) is 5.92. The van der Waals surface area contributed by atoms with Crippen molar-refractivity contribution >= 4 is 17.5 Å². The van der Waals surface area contributed by atoms with Crippen LogP contribution in [0.1, 0.15) is 25.8 Å². The molecule has 1 rings (SSSR count). The summed E-state index contributed by atoms with van der Waals surface area (Å²) in [4.78, 5) is 11.6. The smallest absolute Gasteiger partial charge is 0.260 e. The maximum Gasteiger partial charge on any atom is 0.260 e. The molecule has 1 atom stereocenters. The minimum Gasteiger partial charge on any atom is -0.479 e. The standard InChI is InChI=1S/C13H18ClNO3/c1-3-6-15-13(17)9(2)18-12-5-4-10(8-16)7-11(12)14/h4-5,7,9,16H,3,6,8H2,1-2H3,(H,15,17). The van der Waals surface area contributed by atoms with Crippen LogP contribution in [0.15, 0.2) is 18.2 Å². The Morgan fingerprint density at radius 3 is 2.83 bits per heavy atom. The molecule has 2 N–H and O–H groups in total. The predicted molar refractivity (Wildman–Crippen MR) is 70.8 cm³/mol. The third-order valence-corrected chi connectivity index (χ3v) is 2.70. The quantitative estimate of drug-likeness (QED) is 0.833. The lowest BCUT2D eigenvalue weighted by Gasteiger charge is -2.15. The number of rotatable bonds is 6. The highest BCUT2D eigenvalue weighted by molar-refractivity contribution is 6.32. The third kappa shape index (κ3) is 4.20. The second kappa shape index (κ2) is 7.24. The van der Waals surface area contributed by atoms with E-state index in [1.165, 1.54) is 0 Å². The molecule has 5 heteroatoms. The van der Waals surface area contributed by atoms with Crippen LogP contribution in [0, 0.1) is 0 Å². The summed E-state index contributed by atoms with van der Waals surface area (Å²) in [6.07, 6.45) is 0.277. The fourth-order valence-corrected chi connectivity index (χ4v) is 1.62. The molecular weight excluding hydrogens is 254 g/mol. The van der Waals surface area contributed by atoms with E-state index in [-0.39, 0.29) is 12.5 Å². The van der Waals surface area contributed by atoms with Crippen molar-refractivity contribution < 1.29 is 14.6 Å². The highest BCUT2D eigenvalue weighted by Gasteiger charge is 2.15. The summed E-state index contributed by atoms with van der Waals surface area (Å²) in [6, 6.07) is 4.98. The molecule has 0 heterocycles. The van der Waals surface area contributed by atoms with Gasteiger partial charge >= 0.3 is 0 Å². The fourth-order valence-electron chi connectivity index (χ4n) is 1.37. The van der Waals surface area contributed by atoms with Gasteiger partial charge in [-0.3, -0.25) is 4.79 Å². The Morgan fingerprint density at radius 1 is 1.56 bits per heavy atom. The normalized spacial score (nSPS) is 12.0. The van der Waals surface area contributed by atoms with E-state index in [0.29, 0.717) is 22.9 Å². The Kier molecular flexibility index (Phi) is 5.95. The number of aliphatic hydroxyl groups is 1. The van der Waals surface area contributed by atoms with Crippen molar-refractivity contribution in [2.24, 2.45) is 0 Å². The number of hydrogen-bond acceptors (Lipinski definition) is 3. The van der Waals surface area contributed by atoms with Crippen molar-refractivity contribution in [3.05, 3.63) is 28.8 Å². The molecule has 0 aliphatic carbocycles. The van der Waals surface area contributed by atoms with Gasteiger partial charge in [0.1, 0.15) is 5.75 Å². The second-order valence-electron chi connectivity index (χ2n) is 3.97. The number of ether oxygens (including phenoxy) is 1. The molecule has 0 radical (unpaired) electrons. The lowest BCUT2D eigenvalue weighted by Crippen LogP contribution is -2.36. The number of nitrogens with one attached hydrogen (secondary N) is 1. The second-order valence-corrected chi connectivity index (χ2v) is 4.38. The summed E-state index contributed by atoms with van der Waals surface area (Å²) in [5.74, 6) is 0.271. The van der Waals surface area contributed by atoms with Crippen LogP contribution in [0.4, 0.5) is 0 Å². The molecule has 1 unspecified atom stereocenters. The molecule has 0 saturated heterocycles. The van der Waals surface area contributed by atoms with Crippen LogP contribution in [0.3, 0.4) is 0 Å². The highest BCUT2D eigenvalue weighted by Crippen LogP contribution is 2.26. The van der Waals surface area contributed by atoms with Crippen molar-refractivity contribution in [2.75, 3.05) is 6.54 Å². The number of aliphatic hydroxyl groups excluding tert-OH is 1. The van der Waals surface area contributed by atoms with Crippen molar-refractivity contribution in [1.82, 2.24) is 5.32 Å². The first-order chi connectivity index (χ1) is 8.58. The molecule has 0 spiro atoms. The molecule has 100 valence electrons. The van der Waals surface area contributed by atoms with Gasteiger partial charge in [-0.1, -0.05) is 24.6 Å². The summed E-state index contributed by atoms with van der Waals surface area (Å²) in [7, 11) is 0. The van der Waals surface area contributed by atoms with Gasteiger partial charge in [0.2, 0.25) is 0 Å². The molecule has 1 amide bonds. The van der Waals surface area contributed by atoms with Gasteiger partial charge in [-0.05, 0) is 31.0 Å². The molecule has 0 saturated carbocycles. The molecule has 0 aromatic heterocycles. The molecule has 0 fully saturated rings. The first-order valence-corrected chi connectivity index (χ1v) is 6.30. The van der Waals surface area contributed by atoms with E-state index in [9.17, 15) is 4.79 Å². The maximum absolute atomic E-state index is 11.6. The summed E-state index contributed by atoms with van der Waals surface area (Å²) in [5.41, 5.74) is 0.704. The summed E-state index contributed by atoms with van der Waals surface area (Å²) in [5, 5.41) is 12.1. The topological polar surface area (TPSA) is 58.6 Å². The molecule has 1 aromatic carbocycles. The number of amides is 1. The van der Waals surface area contributed by atoms with Crippen LogP contribution in [-0.2, 0) is 11.4 Å². The van der Waals surface area contributed by atoms with E-state index in [1.807, 2.05) is 6.92 Å². The van der Waals surface area contributed by atoms with E-state index in [0.717, 1.165) is 6.42 Å². The highest BCUT2D eigenvalue weighted by atomic mass is 35.5. The zero-order valence-electron chi connectivity index (χ0n) is 10.6. The first kappa shape index (κ1) is 14.8. The Balaban J connectivity index is 2.64. The lowest BCUT2D eigenvalue weighted by atomic mass is 10.2. The Labute approximate surface area is 112 Å². The van der Waals surface area contributed by atoms with Crippen molar-refractivity contribution in [1.29, 1.82) is 0 Å². The minimum absolute atomic E-state index is 0.0768. The number of benzene rings is 1. The van der Waals surface area contributed by atoms with E-state index < -0.39 is 6.10 Å². The van der Waals surface area contributed by atoms with Gasteiger partial charge in [0, 0.05) is 6.54 Å². The molecule has 0 aliphatic heterocycles. The molecular formula is C13H18ClNO3. The zero-order chi connectivity index (χ0) is 13.5. The number of carbonyl (C=O) groups is 1. The maximum atomic E-state index is 11.6. The number of carbonyl (C=O) groups excluding carboxylic acids is 1. The van der Waals surface area contributed by atoms with Gasteiger partial charge in [0.25, 0.3) is 5.91 Å². The number of hydrogen-bond donors (Lipinski definition) is 2. The third-order valence-electron chi connectivity index (χ3n) is 2.40. The van der Waals surface area contributed by atoms with Gasteiger partial charge in [0.05, 0.1) is 11.6 Å². The van der Waals surface area contributed by atoms with E-state index in [2.05, 4.69) is 5.32 Å². The largest absolute Gasteiger partial charge is 0.479 e. The number of halogens is 1. The van der Waals surface area contributed by atoms with Gasteiger partial charge in [-0.2, -0.15) is 0 Å². The van der Waals surface area contributed by atoms with E-state index in [1.54, 1.807) is 25.1 Å². The predicted octanol–water partition coefficient (Wildman–Crippen LogP) is 2.13. The molecule has 0 bridgehead atoms. The van der Waals surface area contributed by atoms with Gasteiger partial charge in [0.15, 0.2) is 6.10 Å². The molecule has 1 aromatic rings. The SMILES string of the molecule is CCCNC(=O)C(C)Oc1ccc(CO)cc1Cl. The van der Waals surface area contributed by atoms with Crippen molar-refractivity contribution in [3.63, 3.8) is 0 Å².